The Kier molecular flexibility index (Phi) is 2.66. The van der Waals surface area contributed by atoms with Gasteiger partial charge in [0.25, 0.3) is 5.24 Å². The van der Waals surface area contributed by atoms with Gasteiger partial charge in [0.05, 0.1) is 16.6 Å². The summed E-state index contributed by atoms with van der Waals surface area (Å²) in [6.07, 6.45) is 1.16. The van der Waals surface area contributed by atoms with E-state index in [0.717, 1.165) is 12.3 Å². The van der Waals surface area contributed by atoms with Gasteiger partial charge in [-0.15, -0.1) is 0 Å². The number of nitrogens with one attached hydrogen (secondary N) is 1. The fourth-order valence-corrected chi connectivity index (χ4v) is 1.69. The van der Waals surface area contributed by atoms with Crippen molar-refractivity contribution in [1.29, 1.82) is 5.26 Å². The molecule has 0 saturated heterocycles. The van der Waals surface area contributed by atoms with Crippen LogP contribution in [-0.2, 0) is 4.79 Å². The molecule has 0 aliphatic rings. The van der Waals surface area contributed by atoms with E-state index in [1.54, 1.807) is 0 Å². The molecule has 4 nitrogen and oxygen atoms in total. The van der Waals surface area contributed by atoms with Crippen LogP contribution in [0.1, 0.15) is 15.9 Å². The van der Waals surface area contributed by atoms with Crippen LogP contribution >= 0.6 is 11.6 Å². The molecular weight excluding hydrogens is 247 g/mol. The summed E-state index contributed by atoms with van der Waals surface area (Å²) in [6, 6.07) is 4.19. The van der Waals surface area contributed by atoms with E-state index < -0.39 is 16.8 Å². The van der Waals surface area contributed by atoms with Crippen LogP contribution in [0.4, 0.5) is 4.39 Å². The lowest BCUT2D eigenvalue weighted by Crippen LogP contribution is -2.06. The Morgan fingerprint density at radius 1 is 1.41 bits per heavy atom. The molecule has 1 heterocycles. The smallest absolute Gasteiger partial charge is 0.293 e. The Balaban J connectivity index is 2.82. The molecule has 0 saturated carbocycles. The molecule has 0 bridgehead atoms. The summed E-state index contributed by atoms with van der Waals surface area (Å²) in [5.74, 6) is -1.70. The van der Waals surface area contributed by atoms with Crippen LogP contribution in [0.25, 0.3) is 10.9 Å². The molecule has 2 rings (SSSR count). The minimum Gasteiger partial charge on any atom is -0.359 e. The zero-order valence-electron chi connectivity index (χ0n) is 8.25. The number of rotatable bonds is 2. The van der Waals surface area contributed by atoms with Crippen molar-refractivity contribution in [3.8, 4) is 6.07 Å². The third-order valence-electron chi connectivity index (χ3n) is 2.33. The predicted octanol–water partition coefficient (Wildman–Crippen LogP) is 2.13. The van der Waals surface area contributed by atoms with Crippen molar-refractivity contribution in [2.24, 2.45) is 0 Å². The number of carbonyl (C=O) groups excluding carboxylic acids is 2. The van der Waals surface area contributed by atoms with Gasteiger partial charge in [-0.25, -0.2) is 4.39 Å². The van der Waals surface area contributed by atoms with Crippen molar-refractivity contribution in [3.05, 3.63) is 35.3 Å². The average molecular weight is 251 g/mol. The van der Waals surface area contributed by atoms with Gasteiger partial charge in [0.1, 0.15) is 11.9 Å². The molecule has 84 valence electrons. The number of ketones is 1. The molecule has 1 N–H and O–H groups in total. The standard InChI is InChI=1S/C11H4ClFN2O2/c12-11(17)10(16)6-4-15-9-5(3-14)1-2-7(13)8(6)9/h1-2,4,15H. The molecule has 0 fully saturated rings. The van der Waals surface area contributed by atoms with Gasteiger partial charge in [0.2, 0.25) is 5.78 Å². The summed E-state index contributed by atoms with van der Waals surface area (Å²) in [6.45, 7) is 0. The molecule has 17 heavy (non-hydrogen) atoms. The molecule has 1 aromatic heterocycles. The van der Waals surface area contributed by atoms with Gasteiger partial charge in [-0.1, -0.05) is 0 Å². The van der Waals surface area contributed by atoms with Crippen LogP contribution < -0.4 is 0 Å². The van der Waals surface area contributed by atoms with Crippen LogP contribution in [0.2, 0.25) is 0 Å². The van der Waals surface area contributed by atoms with Gasteiger partial charge in [0, 0.05) is 11.6 Å². The summed E-state index contributed by atoms with van der Waals surface area (Å²) in [5.41, 5.74) is 0.186. The molecule has 0 atom stereocenters. The number of aromatic nitrogens is 1. The molecule has 0 aliphatic heterocycles. The van der Waals surface area contributed by atoms with Crippen molar-refractivity contribution < 1.29 is 14.0 Å². The van der Waals surface area contributed by atoms with E-state index in [0.29, 0.717) is 0 Å². The van der Waals surface area contributed by atoms with Gasteiger partial charge >= 0.3 is 0 Å². The van der Waals surface area contributed by atoms with Crippen molar-refractivity contribution >= 4 is 33.5 Å². The normalized spacial score (nSPS) is 10.2. The minimum absolute atomic E-state index is 0.0944. The number of halogens is 2. The zero-order valence-corrected chi connectivity index (χ0v) is 9.01. The number of hydrogen-bond donors (Lipinski definition) is 1. The van der Waals surface area contributed by atoms with E-state index in [4.69, 9.17) is 16.9 Å². The Morgan fingerprint density at radius 3 is 2.71 bits per heavy atom. The lowest BCUT2D eigenvalue weighted by molar-refractivity contribution is -0.108. The molecule has 6 heteroatoms. The average Bonchev–Trinajstić information content (AvgIpc) is 2.74. The molecule has 1 aromatic carbocycles. The van der Waals surface area contributed by atoms with Crippen LogP contribution in [-0.4, -0.2) is 16.0 Å². The second kappa shape index (κ2) is 4.00. The van der Waals surface area contributed by atoms with Gasteiger partial charge in [-0.3, -0.25) is 9.59 Å². The molecule has 0 radical (unpaired) electrons. The van der Waals surface area contributed by atoms with Crippen molar-refractivity contribution in [2.75, 3.05) is 0 Å². The Bertz CT molecular complexity index is 685. The minimum atomic E-state index is -1.20. The van der Waals surface area contributed by atoms with E-state index in [1.165, 1.54) is 6.07 Å². The van der Waals surface area contributed by atoms with E-state index >= 15 is 0 Å². The van der Waals surface area contributed by atoms with E-state index in [1.807, 2.05) is 6.07 Å². The maximum atomic E-state index is 13.6. The number of carbonyl (C=O) groups is 2. The first-order valence-electron chi connectivity index (χ1n) is 4.50. The lowest BCUT2D eigenvalue weighted by atomic mass is 10.1. The maximum absolute atomic E-state index is 13.6. The van der Waals surface area contributed by atoms with Crippen molar-refractivity contribution in [1.82, 2.24) is 4.98 Å². The highest BCUT2D eigenvalue weighted by molar-refractivity contribution is 6.83. The number of aromatic amines is 1. The quantitative estimate of drug-likeness (QED) is 0.504. The Morgan fingerprint density at radius 2 is 2.12 bits per heavy atom. The van der Waals surface area contributed by atoms with Crippen LogP contribution in [0.15, 0.2) is 18.3 Å². The van der Waals surface area contributed by atoms with E-state index in [9.17, 15) is 14.0 Å². The van der Waals surface area contributed by atoms with Crippen molar-refractivity contribution in [2.45, 2.75) is 0 Å². The van der Waals surface area contributed by atoms with Crippen LogP contribution in [0, 0.1) is 17.1 Å². The molecule has 0 aliphatic carbocycles. The number of nitriles is 1. The maximum Gasteiger partial charge on any atom is 0.293 e. The van der Waals surface area contributed by atoms with Gasteiger partial charge < -0.3 is 4.98 Å². The summed E-state index contributed by atoms with van der Waals surface area (Å²) < 4.78 is 13.6. The van der Waals surface area contributed by atoms with Crippen LogP contribution in [0.5, 0.6) is 0 Å². The largest absolute Gasteiger partial charge is 0.359 e. The second-order valence-corrected chi connectivity index (χ2v) is 3.61. The summed E-state index contributed by atoms with van der Waals surface area (Å²) in [7, 11) is 0. The topological polar surface area (TPSA) is 73.7 Å². The fraction of sp³-hybridized carbons (Fsp3) is 0. The first kappa shape index (κ1) is 11.3. The number of nitrogens with zero attached hydrogens (tertiary/aromatic N) is 1. The number of hydrogen-bond acceptors (Lipinski definition) is 3. The Hall–Kier alpha value is -2.19. The summed E-state index contributed by atoms with van der Waals surface area (Å²) >= 11 is 5.06. The molecule has 0 spiro atoms. The zero-order chi connectivity index (χ0) is 12.6. The number of H-pyrrole nitrogens is 1. The van der Waals surface area contributed by atoms with E-state index in [2.05, 4.69) is 4.98 Å². The molecule has 2 aromatic rings. The highest BCUT2D eigenvalue weighted by Crippen LogP contribution is 2.25. The summed E-state index contributed by atoms with van der Waals surface area (Å²) in [5, 5.41) is 7.52. The SMILES string of the molecule is N#Cc1ccc(F)c2c(C(=O)C(=O)Cl)c[nH]c12. The van der Waals surface area contributed by atoms with Gasteiger partial charge in [-0.2, -0.15) is 5.26 Å². The first-order valence-corrected chi connectivity index (χ1v) is 4.88. The number of fused-ring (bicyclic) bond motifs is 1. The molecule has 0 amide bonds. The third-order valence-corrected chi connectivity index (χ3v) is 2.50. The third kappa shape index (κ3) is 1.69. The summed E-state index contributed by atoms with van der Waals surface area (Å²) in [4.78, 5) is 24.8. The Labute approximate surface area is 99.6 Å². The highest BCUT2D eigenvalue weighted by Gasteiger charge is 2.21. The van der Waals surface area contributed by atoms with Gasteiger partial charge in [-0.05, 0) is 23.7 Å². The van der Waals surface area contributed by atoms with E-state index in [-0.39, 0.29) is 22.0 Å². The predicted molar refractivity (Wildman–Crippen MR) is 58.2 cm³/mol. The number of benzene rings is 1. The van der Waals surface area contributed by atoms with Gasteiger partial charge in [0.15, 0.2) is 0 Å². The molecule has 0 unspecified atom stereocenters. The monoisotopic (exact) mass is 250 g/mol. The fourth-order valence-electron chi connectivity index (χ4n) is 1.59. The highest BCUT2D eigenvalue weighted by atomic mass is 35.5. The van der Waals surface area contributed by atoms with Crippen molar-refractivity contribution in [3.63, 3.8) is 0 Å². The molecular formula is C11H4ClFN2O2. The van der Waals surface area contributed by atoms with Crippen LogP contribution in [0.3, 0.4) is 0 Å². The number of Topliss-reactive ketones (excluding diaryl/α,β-unsaturated/α-hetero) is 1. The second-order valence-electron chi connectivity index (χ2n) is 3.26. The lowest BCUT2D eigenvalue weighted by Gasteiger charge is -1.97. The first-order chi connectivity index (χ1) is 8.06.